The van der Waals surface area contributed by atoms with Crippen LogP contribution in [-0.4, -0.2) is 11.1 Å². The van der Waals surface area contributed by atoms with E-state index in [2.05, 4.69) is 4.85 Å². The lowest BCUT2D eigenvalue weighted by molar-refractivity contribution is -0.132. The molecule has 0 saturated heterocycles. The molecule has 4 heteroatoms. The minimum Gasteiger partial charge on any atom is -0.486 e. The number of carboxylic acid groups (broad SMARTS) is 1. The summed E-state index contributed by atoms with van der Waals surface area (Å²) in [6, 6.07) is 1.99. The van der Waals surface area contributed by atoms with Crippen LogP contribution in [0.15, 0.2) is 17.8 Å². The zero-order valence-electron chi connectivity index (χ0n) is 7.94. The first-order chi connectivity index (χ1) is 7.13. The second-order valence-corrected chi connectivity index (χ2v) is 4.41. The minimum absolute atomic E-state index is 0.202. The molecule has 15 heavy (non-hydrogen) atoms. The highest BCUT2D eigenvalue weighted by Gasteiger charge is 2.21. The highest BCUT2D eigenvalue weighted by Crippen LogP contribution is 2.38. The number of nitrogens with zero attached hydrogens (tertiary/aromatic N) is 1. The highest BCUT2D eigenvalue weighted by atomic mass is 32.1. The Balaban J connectivity index is 2.65. The van der Waals surface area contributed by atoms with Crippen LogP contribution in [0.1, 0.15) is 15.3 Å². The largest absolute Gasteiger partial charge is 0.486 e. The number of fused-ring (bicyclic) bond motifs is 1. The summed E-state index contributed by atoms with van der Waals surface area (Å²) in [6.07, 6.45) is 3.55. The molecular formula is C11H7NO2S. The third kappa shape index (κ3) is 1.47. The molecule has 74 valence electrons. The van der Waals surface area contributed by atoms with Gasteiger partial charge in [0, 0.05) is 15.3 Å². The first kappa shape index (κ1) is 9.69. The second-order valence-electron chi connectivity index (χ2n) is 3.15. The molecule has 0 unspecified atom stereocenters. The van der Waals surface area contributed by atoms with Crippen molar-refractivity contribution in [1.82, 2.24) is 0 Å². The fourth-order valence-corrected chi connectivity index (χ4v) is 2.55. The van der Waals surface area contributed by atoms with Crippen LogP contribution in [0.4, 0.5) is 0 Å². The number of carbonyl (C=O) groups is 1. The van der Waals surface area contributed by atoms with Gasteiger partial charge in [-0.2, -0.15) is 0 Å². The van der Waals surface area contributed by atoms with Crippen LogP contribution in [-0.2, 0) is 4.79 Å². The molecular weight excluding hydrogens is 210 g/mol. The fourth-order valence-electron chi connectivity index (χ4n) is 1.53. The number of carboxylic acids is 1. The van der Waals surface area contributed by atoms with Gasteiger partial charge in [-0.05, 0) is 18.6 Å². The van der Waals surface area contributed by atoms with Crippen molar-refractivity contribution in [2.75, 3.05) is 0 Å². The van der Waals surface area contributed by atoms with Crippen LogP contribution >= 0.6 is 11.3 Å². The van der Waals surface area contributed by atoms with Gasteiger partial charge < -0.3 is 5.11 Å². The predicted octanol–water partition coefficient (Wildman–Crippen LogP) is 2.80. The van der Waals surface area contributed by atoms with Crippen molar-refractivity contribution >= 4 is 29.0 Å². The molecule has 1 aliphatic rings. The smallest absolute Gasteiger partial charge is 0.334 e. The summed E-state index contributed by atoms with van der Waals surface area (Å²) < 4.78 is 0. The number of rotatable bonds is 1. The van der Waals surface area contributed by atoms with Gasteiger partial charge in [0.25, 0.3) is 5.70 Å². The summed E-state index contributed by atoms with van der Waals surface area (Å²) in [4.78, 5) is 15.9. The number of aryl methyl sites for hydroxylation is 1. The molecule has 1 heterocycles. The van der Waals surface area contributed by atoms with E-state index in [1.165, 1.54) is 11.3 Å². The number of hydrogen-bond acceptors (Lipinski definition) is 2. The van der Waals surface area contributed by atoms with Crippen molar-refractivity contribution in [1.29, 1.82) is 0 Å². The Morgan fingerprint density at radius 2 is 2.27 bits per heavy atom. The van der Waals surface area contributed by atoms with Crippen molar-refractivity contribution in [3.05, 3.63) is 44.6 Å². The van der Waals surface area contributed by atoms with E-state index in [9.17, 15) is 4.79 Å². The summed E-state index contributed by atoms with van der Waals surface area (Å²) >= 11 is 1.52. The standard InChI is InChI=1S/C11H7NO2S/c1-6-5-7-3-4-8(10(7)15-6)9(12-2)11(13)14/h3-5H,1H3,(H,13,14)/b9-8-. The Kier molecular flexibility index (Phi) is 2.18. The van der Waals surface area contributed by atoms with E-state index in [4.69, 9.17) is 11.7 Å². The molecule has 0 amide bonds. The van der Waals surface area contributed by atoms with Gasteiger partial charge in [0.2, 0.25) is 0 Å². The second kappa shape index (κ2) is 3.37. The average molecular weight is 217 g/mol. The van der Waals surface area contributed by atoms with Gasteiger partial charge in [-0.15, -0.1) is 11.3 Å². The van der Waals surface area contributed by atoms with Crippen LogP contribution in [0.3, 0.4) is 0 Å². The molecule has 0 aromatic carbocycles. The molecule has 0 aliphatic heterocycles. The predicted molar refractivity (Wildman–Crippen MR) is 59.2 cm³/mol. The first-order valence-electron chi connectivity index (χ1n) is 4.27. The zero-order valence-corrected chi connectivity index (χ0v) is 8.76. The maximum atomic E-state index is 10.8. The van der Waals surface area contributed by atoms with Gasteiger partial charge in [-0.3, -0.25) is 4.79 Å². The van der Waals surface area contributed by atoms with Crippen molar-refractivity contribution < 1.29 is 9.90 Å². The third-order valence-corrected chi connectivity index (χ3v) is 3.23. The SMILES string of the molecule is [C-]#[N+]/C(C(=O)O)=C1/C=Cc2cc(C)sc21. The molecule has 0 fully saturated rings. The Morgan fingerprint density at radius 3 is 2.87 bits per heavy atom. The zero-order chi connectivity index (χ0) is 11.0. The average Bonchev–Trinajstić information content (AvgIpc) is 2.67. The van der Waals surface area contributed by atoms with E-state index in [-0.39, 0.29) is 5.70 Å². The minimum atomic E-state index is -1.16. The number of allylic oxidation sites excluding steroid dienone is 2. The van der Waals surface area contributed by atoms with Crippen molar-refractivity contribution in [3.8, 4) is 0 Å². The van der Waals surface area contributed by atoms with Crippen LogP contribution in [0.2, 0.25) is 0 Å². The Hall–Kier alpha value is -1.86. The summed E-state index contributed by atoms with van der Waals surface area (Å²) in [7, 11) is 0. The molecule has 1 N–H and O–H groups in total. The lowest BCUT2D eigenvalue weighted by Crippen LogP contribution is -1.98. The third-order valence-electron chi connectivity index (χ3n) is 2.13. The quantitative estimate of drug-likeness (QED) is 0.580. The summed E-state index contributed by atoms with van der Waals surface area (Å²) in [5.41, 5.74) is 1.34. The summed E-state index contributed by atoms with van der Waals surface area (Å²) in [6.45, 7) is 8.83. The number of thiophene rings is 1. The Labute approximate surface area is 90.8 Å². The number of aliphatic carboxylic acids is 1. The topological polar surface area (TPSA) is 41.7 Å². The molecule has 0 radical (unpaired) electrons. The van der Waals surface area contributed by atoms with E-state index in [1.807, 2.05) is 19.1 Å². The van der Waals surface area contributed by atoms with Crippen LogP contribution in [0.25, 0.3) is 16.5 Å². The van der Waals surface area contributed by atoms with Crippen LogP contribution in [0, 0.1) is 13.5 Å². The van der Waals surface area contributed by atoms with Gasteiger partial charge >= 0.3 is 5.97 Å². The monoisotopic (exact) mass is 217 g/mol. The fraction of sp³-hybridized carbons (Fsp3) is 0.0909. The van der Waals surface area contributed by atoms with Gasteiger partial charge in [0.15, 0.2) is 0 Å². The van der Waals surface area contributed by atoms with Crippen molar-refractivity contribution in [3.63, 3.8) is 0 Å². The molecule has 0 bridgehead atoms. The molecule has 1 aliphatic carbocycles. The molecule has 3 nitrogen and oxygen atoms in total. The first-order valence-corrected chi connectivity index (χ1v) is 5.09. The summed E-state index contributed by atoms with van der Waals surface area (Å²) in [5, 5.41) is 8.87. The van der Waals surface area contributed by atoms with Crippen molar-refractivity contribution in [2.24, 2.45) is 0 Å². The lowest BCUT2D eigenvalue weighted by Gasteiger charge is -1.96. The van der Waals surface area contributed by atoms with Crippen LogP contribution < -0.4 is 0 Å². The molecule has 1 aromatic heterocycles. The molecule has 0 spiro atoms. The molecule has 0 saturated carbocycles. The van der Waals surface area contributed by atoms with Gasteiger partial charge in [0.05, 0.1) is 6.57 Å². The number of hydrogen-bond donors (Lipinski definition) is 1. The van der Waals surface area contributed by atoms with E-state index < -0.39 is 5.97 Å². The molecule has 1 aromatic rings. The Morgan fingerprint density at radius 1 is 1.53 bits per heavy atom. The maximum absolute atomic E-state index is 10.8. The Bertz CT molecular complexity index is 543. The van der Waals surface area contributed by atoms with Crippen molar-refractivity contribution in [2.45, 2.75) is 6.92 Å². The van der Waals surface area contributed by atoms with E-state index in [1.54, 1.807) is 6.08 Å². The molecule has 0 atom stereocenters. The van der Waals surface area contributed by atoms with E-state index >= 15 is 0 Å². The van der Waals surface area contributed by atoms with E-state index in [0.29, 0.717) is 5.57 Å². The van der Waals surface area contributed by atoms with Crippen LogP contribution in [0.5, 0.6) is 0 Å². The molecule has 2 rings (SSSR count). The van der Waals surface area contributed by atoms with Gasteiger partial charge in [-0.25, -0.2) is 4.85 Å². The lowest BCUT2D eigenvalue weighted by atomic mass is 10.2. The highest BCUT2D eigenvalue weighted by molar-refractivity contribution is 7.13. The normalized spacial score (nSPS) is 16.0. The van der Waals surface area contributed by atoms with E-state index in [0.717, 1.165) is 15.3 Å². The summed E-state index contributed by atoms with van der Waals surface area (Å²) in [5.74, 6) is -1.16. The maximum Gasteiger partial charge on any atom is 0.334 e. The van der Waals surface area contributed by atoms with Gasteiger partial charge in [0.1, 0.15) is 0 Å². The van der Waals surface area contributed by atoms with Gasteiger partial charge in [-0.1, -0.05) is 12.2 Å².